The number of rotatable bonds is 9. The van der Waals surface area contributed by atoms with Gasteiger partial charge < -0.3 is 19.5 Å². The molecule has 0 atom stereocenters. The molecule has 0 aliphatic carbocycles. The van der Waals surface area contributed by atoms with Gasteiger partial charge in [0.05, 0.1) is 18.7 Å². The van der Waals surface area contributed by atoms with E-state index >= 15 is 0 Å². The highest BCUT2D eigenvalue weighted by atomic mass is 35.5. The summed E-state index contributed by atoms with van der Waals surface area (Å²) in [5.74, 6) is 1.56. The van der Waals surface area contributed by atoms with Crippen molar-refractivity contribution in [3.05, 3.63) is 82.6 Å². The van der Waals surface area contributed by atoms with Crippen molar-refractivity contribution in [1.82, 2.24) is 0 Å². The molecular formula is C23H23ClFNO3. The molecule has 29 heavy (non-hydrogen) atoms. The van der Waals surface area contributed by atoms with Gasteiger partial charge in [-0.05, 0) is 61.0 Å². The van der Waals surface area contributed by atoms with Crippen LogP contribution in [0.25, 0.3) is 0 Å². The number of hydrogen-bond donors (Lipinski definition) is 1. The zero-order valence-electron chi connectivity index (χ0n) is 16.4. The van der Waals surface area contributed by atoms with Crippen molar-refractivity contribution >= 4 is 17.3 Å². The van der Waals surface area contributed by atoms with E-state index in [2.05, 4.69) is 5.32 Å². The van der Waals surface area contributed by atoms with Crippen molar-refractivity contribution in [3.8, 4) is 17.2 Å². The zero-order chi connectivity index (χ0) is 20.6. The molecule has 0 saturated carbocycles. The normalized spacial score (nSPS) is 10.5. The minimum atomic E-state index is -0.393. The maximum Gasteiger partial charge on any atom is 0.161 e. The van der Waals surface area contributed by atoms with Gasteiger partial charge in [0.15, 0.2) is 11.5 Å². The van der Waals surface area contributed by atoms with Crippen molar-refractivity contribution in [2.45, 2.75) is 20.1 Å². The third-order valence-electron chi connectivity index (χ3n) is 4.33. The number of anilines is 1. The van der Waals surface area contributed by atoms with E-state index in [1.807, 2.05) is 49.4 Å². The minimum absolute atomic E-state index is 0.0228. The number of halogens is 2. The lowest BCUT2D eigenvalue weighted by molar-refractivity contribution is 0.265. The Balaban J connectivity index is 1.69. The number of hydrogen-bond acceptors (Lipinski definition) is 4. The van der Waals surface area contributed by atoms with E-state index in [1.165, 1.54) is 6.07 Å². The van der Waals surface area contributed by atoms with Crippen LogP contribution in [0.2, 0.25) is 5.02 Å². The van der Waals surface area contributed by atoms with Gasteiger partial charge in [-0.15, -0.1) is 0 Å². The summed E-state index contributed by atoms with van der Waals surface area (Å²) in [6.45, 7) is 3.03. The maximum absolute atomic E-state index is 14.0. The highest BCUT2D eigenvalue weighted by Crippen LogP contribution is 2.31. The molecule has 6 heteroatoms. The molecule has 0 heterocycles. The molecule has 0 unspecified atom stereocenters. The lowest BCUT2D eigenvalue weighted by Gasteiger charge is -2.15. The Kier molecular flexibility index (Phi) is 7.19. The quantitative estimate of drug-likeness (QED) is 0.460. The van der Waals surface area contributed by atoms with E-state index in [9.17, 15) is 4.39 Å². The molecule has 0 amide bonds. The third kappa shape index (κ3) is 5.55. The molecule has 0 aliphatic rings. The van der Waals surface area contributed by atoms with Crippen molar-refractivity contribution < 1.29 is 18.6 Å². The second kappa shape index (κ2) is 10.0. The Hall–Kier alpha value is -2.92. The second-order valence-electron chi connectivity index (χ2n) is 6.29. The first-order valence-corrected chi connectivity index (χ1v) is 9.68. The molecule has 3 aromatic carbocycles. The smallest absolute Gasteiger partial charge is 0.161 e. The Bertz CT molecular complexity index is 927. The number of benzene rings is 3. The second-order valence-corrected chi connectivity index (χ2v) is 6.69. The summed E-state index contributed by atoms with van der Waals surface area (Å²) < 4.78 is 30.6. The van der Waals surface area contributed by atoms with Gasteiger partial charge >= 0.3 is 0 Å². The van der Waals surface area contributed by atoms with Crippen LogP contribution in [0, 0.1) is 5.82 Å². The lowest BCUT2D eigenvalue weighted by atomic mass is 10.2. The van der Waals surface area contributed by atoms with E-state index in [4.69, 9.17) is 25.8 Å². The standard InChI is InChI=1S/C23H23ClFNO3/c1-3-28-23-13-16(14-26-17-8-10-18(27-2)11-9-17)7-12-22(23)29-15-19-20(24)5-4-6-21(19)25/h4-13,26H,3,14-15H2,1-2H3. The Morgan fingerprint density at radius 2 is 1.76 bits per heavy atom. The van der Waals surface area contributed by atoms with Crippen LogP contribution in [0.1, 0.15) is 18.1 Å². The van der Waals surface area contributed by atoms with Crippen LogP contribution in [0.5, 0.6) is 17.2 Å². The van der Waals surface area contributed by atoms with Gasteiger partial charge in [-0.2, -0.15) is 0 Å². The molecule has 0 aromatic heterocycles. The van der Waals surface area contributed by atoms with E-state index < -0.39 is 5.82 Å². The summed E-state index contributed by atoms with van der Waals surface area (Å²) in [6, 6.07) is 18.0. The van der Waals surface area contributed by atoms with E-state index in [0.29, 0.717) is 35.2 Å². The molecule has 0 spiro atoms. The van der Waals surface area contributed by atoms with Crippen molar-refractivity contribution in [2.24, 2.45) is 0 Å². The summed E-state index contributed by atoms with van der Waals surface area (Å²) in [5.41, 5.74) is 2.33. The molecule has 3 aromatic rings. The predicted octanol–water partition coefficient (Wildman–Crippen LogP) is 6.08. The number of methoxy groups -OCH3 is 1. The molecule has 0 saturated heterocycles. The van der Waals surface area contributed by atoms with E-state index in [-0.39, 0.29) is 6.61 Å². The predicted molar refractivity (Wildman–Crippen MR) is 114 cm³/mol. The SMILES string of the molecule is CCOc1cc(CNc2ccc(OC)cc2)ccc1OCc1c(F)cccc1Cl. The minimum Gasteiger partial charge on any atom is -0.497 e. The van der Waals surface area contributed by atoms with Crippen molar-refractivity contribution in [2.75, 3.05) is 19.0 Å². The Morgan fingerprint density at radius 3 is 2.45 bits per heavy atom. The van der Waals surface area contributed by atoms with Gasteiger partial charge in [0, 0.05) is 17.8 Å². The number of nitrogens with one attached hydrogen (secondary N) is 1. The van der Waals surface area contributed by atoms with Crippen LogP contribution >= 0.6 is 11.6 Å². The highest BCUT2D eigenvalue weighted by molar-refractivity contribution is 6.31. The number of ether oxygens (including phenoxy) is 3. The molecule has 0 fully saturated rings. The first-order valence-electron chi connectivity index (χ1n) is 9.30. The van der Waals surface area contributed by atoms with Crippen LogP contribution in [0.15, 0.2) is 60.7 Å². The fraction of sp³-hybridized carbons (Fsp3) is 0.217. The first kappa shape index (κ1) is 20.8. The topological polar surface area (TPSA) is 39.7 Å². The average molecular weight is 416 g/mol. The molecule has 0 aliphatic heterocycles. The van der Waals surface area contributed by atoms with Crippen LogP contribution in [0.4, 0.5) is 10.1 Å². The van der Waals surface area contributed by atoms with Crippen molar-refractivity contribution in [1.29, 1.82) is 0 Å². The van der Waals surface area contributed by atoms with Gasteiger partial charge in [0.2, 0.25) is 0 Å². The highest BCUT2D eigenvalue weighted by Gasteiger charge is 2.11. The average Bonchev–Trinajstić information content (AvgIpc) is 2.73. The van der Waals surface area contributed by atoms with Gasteiger partial charge in [0.1, 0.15) is 18.2 Å². The van der Waals surface area contributed by atoms with Gasteiger partial charge in [-0.25, -0.2) is 4.39 Å². The summed E-state index contributed by atoms with van der Waals surface area (Å²) in [6.07, 6.45) is 0. The van der Waals surface area contributed by atoms with Crippen LogP contribution in [0.3, 0.4) is 0 Å². The molecule has 152 valence electrons. The van der Waals surface area contributed by atoms with Gasteiger partial charge in [-0.3, -0.25) is 0 Å². The molecular weight excluding hydrogens is 393 g/mol. The molecule has 1 N–H and O–H groups in total. The largest absolute Gasteiger partial charge is 0.497 e. The summed E-state index contributed by atoms with van der Waals surface area (Å²) in [5, 5.41) is 3.69. The van der Waals surface area contributed by atoms with Crippen molar-refractivity contribution in [3.63, 3.8) is 0 Å². The Labute approximate surface area is 175 Å². The third-order valence-corrected chi connectivity index (χ3v) is 4.68. The van der Waals surface area contributed by atoms with Gasteiger partial charge in [-0.1, -0.05) is 23.7 Å². The van der Waals surface area contributed by atoms with E-state index in [0.717, 1.165) is 17.0 Å². The van der Waals surface area contributed by atoms with Crippen LogP contribution < -0.4 is 19.5 Å². The lowest BCUT2D eigenvalue weighted by Crippen LogP contribution is -2.04. The maximum atomic E-state index is 14.0. The summed E-state index contributed by atoms with van der Waals surface area (Å²) in [4.78, 5) is 0. The fourth-order valence-electron chi connectivity index (χ4n) is 2.78. The van der Waals surface area contributed by atoms with Crippen LogP contribution in [-0.2, 0) is 13.2 Å². The molecule has 0 bridgehead atoms. The molecule has 0 radical (unpaired) electrons. The first-order chi connectivity index (χ1) is 14.1. The molecule has 4 nitrogen and oxygen atoms in total. The van der Waals surface area contributed by atoms with Gasteiger partial charge in [0.25, 0.3) is 0 Å². The van der Waals surface area contributed by atoms with E-state index in [1.54, 1.807) is 19.2 Å². The monoisotopic (exact) mass is 415 g/mol. The summed E-state index contributed by atoms with van der Waals surface area (Å²) >= 11 is 6.07. The Morgan fingerprint density at radius 1 is 0.966 bits per heavy atom. The fourth-order valence-corrected chi connectivity index (χ4v) is 3.00. The zero-order valence-corrected chi connectivity index (χ0v) is 17.1. The molecule has 3 rings (SSSR count). The summed E-state index contributed by atoms with van der Waals surface area (Å²) in [7, 11) is 1.64. The van der Waals surface area contributed by atoms with Crippen LogP contribution in [-0.4, -0.2) is 13.7 Å².